The van der Waals surface area contributed by atoms with Crippen LogP contribution in [0.5, 0.6) is 0 Å². The molecule has 1 unspecified atom stereocenters. The van der Waals surface area contributed by atoms with Crippen LogP contribution in [0.4, 0.5) is 0 Å². The van der Waals surface area contributed by atoms with Gasteiger partial charge in [-0.15, -0.1) is 0 Å². The fourth-order valence-electron chi connectivity index (χ4n) is 4.19. The first-order chi connectivity index (χ1) is 14.7. The number of carbonyl (C=O) groups is 1. The topological polar surface area (TPSA) is 37.3 Å². The average molecular weight is 423 g/mol. The van der Waals surface area contributed by atoms with Crippen molar-refractivity contribution in [3.63, 3.8) is 0 Å². The lowest BCUT2D eigenvalue weighted by Crippen LogP contribution is -2.13. The lowest BCUT2D eigenvalue weighted by molar-refractivity contribution is -0.142. The lowest BCUT2D eigenvalue weighted by Gasteiger charge is -2.11. The molecule has 0 spiro atoms. The molecular weight excluding hydrogens is 368 g/mol. The number of unbranched alkanes of at least 4 members (excludes halogenated alkanes) is 17. The number of allylic oxidation sites excluding steroid dienone is 2. The minimum Gasteiger partial charge on any atom is -0.481 e. The molecule has 0 aliphatic carbocycles. The van der Waals surface area contributed by atoms with Crippen molar-refractivity contribution in [3.05, 3.63) is 12.2 Å². The summed E-state index contributed by atoms with van der Waals surface area (Å²) < 4.78 is 0. The van der Waals surface area contributed by atoms with E-state index >= 15 is 0 Å². The van der Waals surface area contributed by atoms with Gasteiger partial charge >= 0.3 is 5.97 Å². The zero-order valence-electron chi connectivity index (χ0n) is 20.6. The Bertz CT molecular complexity index is 375. The summed E-state index contributed by atoms with van der Waals surface area (Å²) in [6, 6.07) is 0. The van der Waals surface area contributed by atoms with Crippen molar-refractivity contribution in [2.75, 3.05) is 0 Å². The van der Waals surface area contributed by atoms with Gasteiger partial charge in [-0.3, -0.25) is 4.79 Å². The monoisotopic (exact) mass is 422 g/mol. The molecule has 0 aliphatic rings. The Hall–Kier alpha value is -0.790. The largest absolute Gasteiger partial charge is 0.481 e. The Labute approximate surface area is 189 Å². The van der Waals surface area contributed by atoms with Crippen LogP contribution in [0.1, 0.15) is 155 Å². The van der Waals surface area contributed by atoms with Gasteiger partial charge in [0, 0.05) is 0 Å². The normalized spacial score (nSPS) is 12.6. The van der Waals surface area contributed by atoms with E-state index in [1.165, 1.54) is 109 Å². The molecule has 0 radical (unpaired) electrons. The molecule has 0 aromatic rings. The highest BCUT2D eigenvalue weighted by molar-refractivity contribution is 5.69. The third-order valence-corrected chi connectivity index (χ3v) is 6.32. The second-order valence-corrected chi connectivity index (χ2v) is 9.32. The summed E-state index contributed by atoms with van der Waals surface area (Å²) >= 11 is 0. The SMILES string of the molecule is CCCCCCCC/C=C\CCCCCCCCCCCCC(CCCC)C(=O)O. The molecule has 1 atom stereocenters. The molecule has 30 heavy (non-hydrogen) atoms. The van der Waals surface area contributed by atoms with Crippen molar-refractivity contribution in [1.29, 1.82) is 0 Å². The summed E-state index contributed by atoms with van der Waals surface area (Å²) in [5.74, 6) is -0.688. The molecule has 0 rings (SSSR count). The third-order valence-electron chi connectivity index (χ3n) is 6.32. The molecular formula is C28H54O2. The van der Waals surface area contributed by atoms with Crippen LogP contribution in [0.3, 0.4) is 0 Å². The highest BCUT2D eigenvalue weighted by Gasteiger charge is 2.15. The average Bonchev–Trinajstić information content (AvgIpc) is 2.74. The summed E-state index contributed by atoms with van der Waals surface area (Å²) in [6.45, 7) is 4.41. The summed E-state index contributed by atoms with van der Waals surface area (Å²) in [4.78, 5) is 11.2. The molecule has 0 heterocycles. The zero-order chi connectivity index (χ0) is 22.1. The van der Waals surface area contributed by atoms with Crippen molar-refractivity contribution in [2.24, 2.45) is 5.92 Å². The van der Waals surface area contributed by atoms with E-state index in [4.69, 9.17) is 0 Å². The van der Waals surface area contributed by atoms with Gasteiger partial charge in [0.2, 0.25) is 0 Å². The molecule has 178 valence electrons. The van der Waals surface area contributed by atoms with Gasteiger partial charge in [0.05, 0.1) is 5.92 Å². The van der Waals surface area contributed by atoms with Crippen LogP contribution in [-0.4, -0.2) is 11.1 Å². The third kappa shape index (κ3) is 21.9. The smallest absolute Gasteiger partial charge is 0.306 e. The Morgan fingerprint density at radius 2 is 0.933 bits per heavy atom. The predicted octanol–water partition coefficient (Wildman–Crippen LogP) is 9.87. The van der Waals surface area contributed by atoms with Crippen LogP contribution < -0.4 is 0 Å². The molecule has 0 saturated heterocycles. The van der Waals surface area contributed by atoms with Crippen LogP contribution >= 0.6 is 0 Å². The van der Waals surface area contributed by atoms with Gasteiger partial charge in [-0.2, -0.15) is 0 Å². The van der Waals surface area contributed by atoms with Crippen molar-refractivity contribution >= 4 is 5.97 Å². The first kappa shape index (κ1) is 29.2. The molecule has 2 heteroatoms. The highest BCUT2D eigenvalue weighted by Crippen LogP contribution is 2.18. The zero-order valence-corrected chi connectivity index (χ0v) is 20.6. The second kappa shape index (κ2) is 24.5. The molecule has 0 aliphatic heterocycles. The molecule has 2 nitrogen and oxygen atoms in total. The van der Waals surface area contributed by atoms with Crippen LogP contribution in [0.2, 0.25) is 0 Å². The summed E-state index contributed by atoms with van der Waals surface area (Å²) in [7, 11) is 0. The van der Waals surface area contributed by atoms with Crippen molar-refractivity contribution in [1.82, 2.24) is 0 Å². The van der Waals surface area contributed by atoms with Gasteiger partial charge in [-0.05, 0) is 38.5 Å². The van der Waals surface area contributed by atoms with Gasteiger partial charge < -0.3 is 5.11 Å². The highest BCUT2D eigenvalue weighted by atomic mass is 16.4. The minimum atomic E-state index is -0.586. The van der Waals surface area contributed by atoms with Crippen molar-refractivity contribution in [3.8, 4) is 0 Å². The van der Waals surface area contributed by atoms with Crippen LogP contribution in [-0.2, 0) is 4.79 Å². The summed E-state index contributed by atoms with van der Waals surface area (Å²) in [5, 5.41) is 9.25. The van der Waals surface area contributed by atoms with Crippen LogP contribution in [0, 0.1) is 5.92 Å². The maximum Gasteiger partial charge on any atom is 0.306 e. The molecule has 0 saturated carbocycles. The second-order valence-electron chi connectivity index (χ2n) is 9.32. The minimum absolute atomic E-state index is 0.102. The fourth-order valence-corrected chi connectivity index (χ4v) is 4.19. The molecule has 0 fully saturated rings. The van der Waals surface area contributed by atoms with E-state index in [1.807, 2.05) is 0 Å². The van der Waals surface area contributed by atoms with Gasteiger partial charge in [0.15, 0.2) is 0 Å². The van der Waals surface area contributed by atoms with E-state index in [2.05, 4.69) is 26.0 Å². The standard InChI is InChI=1S/C28H54O2/c1-3-5-7-8-9-10-11-12-13-14-15-16-17-18-19-20-21-22-23-24-26-27(28(29)30)25-6-4-2/h12-13,27H,3-11,14-26H2,1-2H3,(H,29,30)/b13-12-. The number of hydrogen-bond donors (Lipinski definition) is 1. The van der Waals surface area contributed by atoms with Crippen LogP contribution in [0.15, 0.2) is 12.2 Å². The first-order valence-electron chi connectivity index (χ1n) is 13.6. The molecule has 0 amide bonds. The van der Waals surface area contributed by atoms with Gasteiger partial charge in [-0.25, -0.2) is 0 Å². The van der Waals surface area contributed by atoms with E-state index in [-0.39, 0.29) is 5.92 Å². The Kier molecular flexibility index (Phi) is 23.8. The van der Waals surface area contributed by atoms with Gasteiger partial charge in [-0.1, -0.05) is 129 Å². The van der Waals surface area contributed by atoms with Gasteiger partial charge in [0.1, 0.15) is 0 Å². The maximum atomic E-state index is 11.2. The predicted molar refractivity (Wildman–Crippen MR) is 133 cm³/mol. The van der Waals surface area contributed by atoms with Crippen molar-refractivity contribution in [2.45, 2.75) is 155 Å². The summed E-state index contributed by atoms with van der Waals surface area (Å²) in [5.41, 5.74) is 0. The van der Waals surface area contributed by atoms with E-state index in [1.54, 1.807) is 0 Å². The number of carboxylic acid groups (broad SMARTS) is 1. The number of aliphatic carboxylic acids is 1. The lowest BCUT2D eigenvalue weighted by atomic mass is 9.95. The van der Waals surface area contributed by atoms with E-state index < -0.39 is 5.97 Å². The molecule has 0 aromatic heterocycles. The number of hydrogen-bond acceptors (Lipinski definition) is 1. The Morgan fingerprint density at radius 1 is 0.567 bits per heavy atom. The molecule has 0 bridgehead atoms. The van der Waals surface area contributed by atoms with E-state index in [9.17, 15) is 9.90 Å². The van der Waals surface area contributed by atoms with E-state index in [0.29, 0.717) is 0 Å². The van der Waals surface area contributed by atoms with Crippen LogP contribution in [0.25, 0.3) is 0 Å². The quantitative estimate of drug-likeness (QED) is 0.124. The fraction of sp³-hybridized carbons (Fsp3) is 0.893. The maximum absolute atomic E-state index is 11.2. The Morgan fingerprint density at radius 3 is 1.37 bits per heavy atom. The molecule has 0 aromatic carbocycles. The first-order valence-corrected chi connectivity index (χ1v) is 13.6. The molecule has 1 N–H and O–H groups in total. The van der Waals surface area contributed by atoms with E-state index in [0.717, 1.165) is 32.1 Å². The van der Waals surface area contributed by atoms with Crippen molar-refractivity contribution < 1.29 is 9.90 Å². The Balaban J connectivity index is 3.25. The van der Waals surface area contributed by atoms with Gasteiger partial charge in [0.25, 0.3) is 0 Å². The summed E-state index contributed by atoms with van der Waals surface area (Å²) in [6.07, 6.45) is 32.8. The number of rotatable bonds is 24. The number of carboxylic acids is 1.